The summed E-state index contributed by atoms with van der Waals surface area (Å²) in [6, 6.07) is -0.100. The molecule has 1 fully saturated rings. The lowest BCUT2D eigenvalue weighted by Crippen LogP contribution is -2.30. The van der Waals surface area contributed by atoms with Gasteiger partial charge in [0, 0.05) is 12.5 Å². The maximum atomic E-state index is 14.1. The molecule has 10 nitrogen and oxygen atoms in total. The van der Waals surface area contributed by atoms with Gasteiger partial charge < -0.3 is 19.7 Å². The summed E-state index contributed by atoms with van der Waals surface area (Å²) in [5, 5.41) is 20.5. The van der Waals surface area contributed by atoms with Crippen molar-refractivity contribution in [1.29, 1.82) is 0 Å². The SMILES string of the molecule is O=C(Nc1nc(Oc2c(F)c(F)cc(F)c2F)c2ncn([C@H]3C[C@H](O)[C@@H](CO)O3)c2n1)C(F)(F)F. The van der Waals surface area contributed by atoms with Crippen LogP contribution in [0.1, 0.15) is 12.6 Å². The van der Waals surface area contributed by atoms with E-state index in [0.29, 0.717) is 0 Å². The average molecular weight is 511 g/mol. The zero-order valence-electron chi connectivity index (χ0n) is 16.9. The van der Waals surface area contributed by atoms with Gasteiger partial charge in [-0.05, 0) is 0 Å². The molecule has 0 unspecified atom stereocenters. The minimum Gasteiger partial charge on any atom is -0.430 e. The Morgan fingerprint density at radius 1 is 1.20 bits per heavy atom. The number of anilines is 1. The Morgan fingerprint density at radius 3 is 2.43 bits per heavy atom. The molecule has 1 aliphatic heterocycles. The first-order valence-electron chi connectivity index (χ1n) is 9.48. The third-order valence-corrected chi connectivity index (χ3v) is 4.84. The maximum absolute atomic E-state index is 14.1. The Labute approximate surface area is 188 Å². The molecule has 0 bridgehead atoms. The van der Waals surface area contributed by atoms with Crippen molar-refractivity contribution < 1.29 is 55.2 Å². The molecule has 1 saturated heterocycles. The minimum atomic E-state index is -5.38. The van der Waals surface area contributed by atoms with E-state index in [1.807, 2.05) is 0 Å². The first-order chi connectivity index (χ1) is 16.4. The zero-order chi connectivity index (χ0) is 25.7. The fourth-order valence-corrected chi connectivity index (χ4v) is 3.19. The first kappa shape index (κ1) is 24.6. The van der Waals surface area contributed by atoms with E-state index in [1.165, 1.54) is 5.32 Å². The lowest BCUT2D eigenvalue weighted by molar-refractivity contribution is -0.167. The molecule has 0 aliphatic carbocycles. The van der Waals surface area contributed by atoms with Crippen molar-refractivity contribution >= 4 is 23.0 Å². The smallest absolute Gasteiger partial charge is 0.430 e. The third kappa shape index (κ3) is 4.56. The number of carbonyl (C=O) groups excluding carboxylic acids is 1. The molecular weight excluding hydrogens is 499 g/mol. The molecule has 3 atom stereocenters. The molecule has 17 heteroatoms. The van der Waals surface area contributed by atoms with E-state index in [4.69, 9.17) is 9.47 Å². The number of fused-ring (bicyclic) bond motifs is 1. The van der Waals surface area contributed by atoms with Crippen LogP contribution in [0, 0.1) is 23.3 Å². The van der Waals surface area contributed by atoms with Gasteiger partial charge in [0.1, 0.15) is 12.3 Å². The van der Waals surface area contributed by atoms with E-state index in [9.17, 15) is 45.7 Å². The molecule has 1 amide bonds. The standard InChI is InChI=1S/C18H12F7N5O5/c19-5-1-6(20)11(22)13(10(5)21)35-15-12-14(27-17(28-15)29-16(33)18(23,24)25)30(4-26-12)9-2-7(32)8(3-31)34-9/h1,4,7-9,31-32H,2-3H2,(H,27,28,29,33)/t7-,8+,9+/m0/s1. The quantitative estimate of drug-likeness (QED) is 0.352. The summed E-state index contributed by atoms with van der Waals surface area (Å²) in [7, 11) is 0. The molecule has 35 heavy (non-hydrogen) atoms. The second-order valence-corrected chi connectivity index (χ2v) is 7.14. The van der Waals surface area contributed by atoms with Crippen molar-refractivity contribution in [3.8, 4) is 11.6 Å². The third-order valence-electron chi connectivity index (χ3n) is 4.84. The molecule has 3 heterocycles. The van der Waals surface area contributed by atoms with Gasteiger partial charge >= 0.3 is 12.1 Å². The number of aliphatic hydroxyl groups excluding tert-OH is 2. The summed E-state index contributed by atoms with van der Waals surface area (Å²) in [6.07, 6.45) is -7.80. The van der Waals surface area contributed by atoms with Crippen molar-refractivity contribution in [2.24, 2.45) is 0 Å². The van der Waals surface area contributed by atoms with E-state index in [-0.39, 0.29) is 12.5 Å². The monoisotopic (exact) mass is 511 g/mol. The predicted molar refractivity (Wildman–Crippen MR) is 98.0 cm³/mol. The van der Waals surface area contributed by atoms with Gasteiger partial charge in [0.25, 0.3) is 5.88 Å². The summed E-state index contributed by atoms with van der Waals surface area (Å²) < 4.78 is 105. The Morgan fingerprint density at radius 2 is 1.86 bits per heavy atom. The molecule has 3 N–H and O–H groups in total. The van der Waals surface area contributed by atoms with Crippen LogP contribution >= 0.6 is 0 Å². The topological polar surface area (TPSA) is 132 Å². The summed E-state index contributed by atoms with van der Waals surface area (Å²) in [5.74, 6) is -13.9. The highest BCUT2D eigenvalue weighted by Gasteiger charge is 2.40. The number of nitrogens with one attached hydrogen (secondary N) is 1. The Hall–Kier alpha value is -3.57. The van der Waals surface area contributed by atoms with Crippen molar-refractivity contribution in [1.82, 2.24) is 19.5 Å². The van der Waals surface area contributed by atoms with Gasteiger partial charge in [-0.3, -0.25) is 14.7 Å². The van der Waals surface area contributed by atoms with Gasteiger partial charge in [-0.1, -0.05) is 0 Å². The number of ether oxygens (including phenoxy) is 2. The van der Waals surface area contributed by atoms with Crippen LogP contribution in [0.15, 0.2) is 12.4 Å². The van der Waals surface area contributed by atoms with Crippen LogP contribution in [-0.2, 0) is 9.53 Å². The number of benzene rings is 1. The van der Waals surface area contributed by atoms with Gasteiger partial charge in [-0.15, -0.1) is 0 Å². The number of carbonyl (C=O) groups is 1. The molecule has 1 aromatic carbocycles. The normalized spacial score (nSPS) is 20.4. The van der Waals surface area contributed by atoms with E-state index in [0.717, 1.165) is 10.9 Å². The van der Waals surface area contributed by atoms with Gasteiger partial charge in [0.05, 0.1) is 19.0 Å². The van der Waals surface area contributed by atoms with Crippen LogP contribution in [0.25, 0.3) is 11.2 Å². The summed E-state index contributed by atoms with van der Waals surface area (Å²) in [5.41, 5.74) is -0.884. The van der Waals surface area contributed by atoms with Gasteiger partial charge in [-0.2, -0.15) is 31.9 Å². The number of aromatic nitrogens is 4. The second-order valence-electron chi connectivity index (χ2n) is 7.14. The van der Waals surface area contributed by atoms with Gasteiger partial charge in [0.15, 0.2) is 22.8 Å². The van der Waals surface area contributed by atoms with Crippen LogP contribution in [0.3, 0.4) is 0 Å². The van der Waals surface area contributed by atoms with Crippen LogP contribution in [0.2, 0.25) is 0 Å². The highest BCUT2D eigenvalue weighted by atomic mass is 19.4. The highest BCUT2D eigenvalue weighted by molar-refractivity contribution is 5.94. The number of hydrogen-bond acceptors (Lipinski definition) is 8. The van der Waals surface area contributed by atoms with E-state index in [2.05, 4.69) is 15.0 Å². The van der Waals surface area contributed by atoms with E-state index >= 15 is 0 Å². The fraction of sp³-hybridized carbons (Fsp3) is 0.333. The number of nitrogens with zero attached hydrogens (tertiary/aromatic N) is 4. The van der Waals surface area contributed by atoms with E-state index < -0.39 is 89.1 Å². The summed E-state index contributed by atoms with van der Waals surface area (Å²) in [6.45, 7) is -0.579. The highest BCUT2D eigenvalue weighted by Crippen LogP contribution is 2.36. The molecule has 4 rings (SSSR count). The van der Waals surface area contributed by atoms with Crippen LogP contribution in [0.5, 0.6) is 11.6 Å². The number of alkyl halides is 3. The molecular formula is C18H12F7N5O5. The molecule has 1 aliphatic rings. The number of hydrogen-bond donors (Lipinski definition) is 3. The number of imidazole rings is 1. The van der Waals surface area contributed by atoms with Gasteiger partial charge in [0.2, 0.25) is 23.3 Å². The van der Waals surface area contributed by atoms with E-state index in [1.54, 1.807) is 0 Å². The Kier molecular flexibility index (Phi) is 6.24. The average Bonchev–Trinajstić information content (AvgIpc) is 3.37. The number of halogens is 7. The molecule has 0 spiro atoms. The van der Waals surface area contributed by atoms with Crippen LogP contribution in [0.4, 0.5) is 36.7 Å². The lowest BCUT2D eigenvalue weighted by Gasteiger charge is -2.15. The Bertz CT molecular complexity index is 1270. The summed E-state index contributed by atoms with van der Waals surface area (Å²) >= 11 is 0. The largest absolute Gasteiger partial charge is 0.471 e. The molecule has 0 saturated carbocycles. The fourth-order valence-electron chi connectivity index (χ4n) is 3.19. The molecule has 2 aromatic heterocycles. The molecule has 3 aromatic rings. The van der Waals surface area contributed by atoms with Gasteiger partial charge in [-0.25, -0.2) is 13.8 Å². The minimum absolute atomic E-state index is 0.100. The van der Waals surface area contributed by atoms with Crippen molar-refractivity contribution in [3.05, 3.63) is 35.7 Å². The molecule has 188 valence electrons. The first-order valence-corrected chi connectivity index (χ1v) is 9.48. The number of rotatable bonds is 5. The molecule has 0 radical (unpaired) electrons. The maximum Gasteiger partial charge on any atom is 0.471 e. The van der Waals surface area contributed by atoms with Crippen molar-refractivity contribution in [3.63, 3.8) is 0 Å². The van der Waals surface area contributed by atoms with Crippen LogP contribution in [-0.4, -0.2) is 60.6 Å². The zero-order valence-corrected chi connectivity index (χ0v) is 16.9. The number of aliphatic hydroxyl groups is 2. The van der Waals surface area contributed by atoms with Crippen molar-refractivity contribution in [2.75, 3.05) is 11.9 Å². The van der Waals surface area contributed by atoms with Crippen LogP contribution < -0.4 is 10.1 Å². The lowest BCUT2D eigenvalue weighted by atomic mass is 10.2. The number of amides is 1. The second kappa shape index (κ2) is 8.90. The Balaban J connectivity index is 1.84. The van der Waals surface area contributed by atoms with Crippen molar-refractivity contribution in [2.45, 2.75) is 31.0 Å². The summed E-state index contributed by atoms with van der Waals surface area (Å²) in [4.78, 5) is 22.3. The predicted octanol–water partition coefficient (Wildman–Crippen LogP) is 2.32.